The van der Waals surface area contributed by atoms with Crippen molar-refractivity contribution >= 4 is 23.4 Å². The molecule has 1 fully saturated rings. The summed E-state index contributed by atoms with van der Waals surface area (Å²) in [5.41, 5.74) is 2.45. The molecule has 4 rings (SSSR count). The first-order valence-electron chi connectivity index (χ1n) is 12.2. The van der Waals surface area contributed by atoms with Crippen molar-refractivity contribution in [2.24, 2.45) is 5.41 Å². The summed E-state index contributed by atoms with van der Waals surface area (Å²) in [5.74, 6) is 1.90. The quantitative estimate of drug-likeness (QED) is 0.650. The van der Waals surface area contributed by atoms with Crippen LogP contribution in [0.1, 0.15) is 38.3 Å². The summed E-state index contributed by atoms with van der Waals surface area (Å²) in [6, 6.07) is 7.28. The van der Waals surface area contributed by atoms with Crippen LogP contribution in [0.25, 0.3) is 0 Å². The Kier molecular flexibility index (Phi) is 7.45. The van der Waals surface area contributed by atoms with Gasteiger partial charge in [-0.3, -0.25) is 9.69 Å². The Morgan fingerprint density at radius 2 is 1.74 bits per heavy atom. The number of pyridine rings is 1. The van der Waals surface area contributed by atoms with E-state index in [4.69, 9.17) is 9.47 Å². The Morgan fingerprint density at radius 1 is 1.03 bits per heavy atom. The molecule has 9 heteroatoms. The molecule has 3 heterocycles. The maximum Gasteiger partial charge on any atom is 0.321 e. The number of benzene rings is 1. The summed E-state index contributed by atoms with van der Waals surface area (Å²) >= 11 is 0. The lowest BCUT2D eigenvalue weighted by Gasteiger charge is -2.35. The van der Waals surface area contributed by atoms with Gasteiger partial charge in [-0.15, -0.1) is 0 Å². The van der Waals surface area contributed by atoms with E-state index in [0.29, 0.717) is 49.3 Å². The second-order valence-corrected chi connectivity index (χ2v) is 9.74. The monoisotopic (exact) mass is 481 g/mol. The van der Waals surface area contributed by atoms with Gasteiger partial charge in [0.05, 0.1) is 0 Å². The van der Waals surface area contributed by atoms with Gasteiger partial charge in [0.25, 0.3) is 0 Å². The van der Waals surface area contributed by atoms with E-state index in [1.54, 1.807) is 12.3 Å². The fourth-order valence-electron chi connectivity index (χ4n) is 3.92. The minimum Gasteiger partial charge on any atom is -0.486 e. The van der Waals surface area contributed by atoms with Crippen molar-refractivity contribution in [1.29, 1.82) is 0 Å². The van der Waals surface area contributed by atoms with E-state index in [1.165, 1.54) is 0 Å². The highest BCUT2D eigenvalue weighted by molar-refractivity contribution is 5.94. The molecule has 0 atom stereocenters. The van der Waals surface area contributed by atoms with E-state index >= 15 is 0 Å². The molecule has 1 aromatic heterocycles. The van der Waals surface area contributed by atoms with Gasteiger partial charge in [0.1, 0.15) is 19.0 Å². The minimum atomic E-state index is -0.441. The first kappa shape index (κ1) is 24.8. The lowest BCUT2D eigenvalue weighted by molar-refractivity contribution is -0.124. The molecule has 3 amide bonds. The van der Waals surface area contributed by atoms with Crippen LogP contribution < -0.4 is 20.1 Å². The normalized spacial score (nSPS) is 16.1. The number of ether oxygens (including phenoxy) is 2. The first-order valence-corrected chi connectivity index (χ1v) is 12.2. The second-order valence-electron chi connectivity index (χ2n) is 9.74. The maximum atomic E-state index is 12.8. The number of hydrogen-bond acceptors (Lipinski definition) is 6. The number of hydrogen-bond donors (Lipinski definition) is 2. The van der Waals surface area contributed by atoms with Crippen molar-refractivity contribution in [2.75, 3.05) is 50.0 Å². The standard InChI is InChI=1S/C26H35N5O4/c1-5-26(3,4)24(32)29-23-14-19(18(2)16-27-23)17-30-8-10-31(11-9-30)25(33)28-20-6-7-21-22(15-20)35-13-12-34-21/h6-7,14-16H,5,8-13,17H2,1-4H3,(H,28,33)(H,27,29,32). The molecule has 2 aromatic rings. The maximum absolute atomic E-state index is 12.8. The molecular weight excluding hydrogens is 446 g/mol. The second kappa shape index (κ2) is 10.5. The number of anilines is 2. The number of nitrogens with one attached hydrogen (secondary N) is 2. The summed E-state index contributed by atoms with van der Waals surface area (Å²) in [6.07, 6.45) is 2.56. The molecule has 2 aliphatic heterocycles. The van der Waals surface area contributed by atoms with Crippen LogP contribution in [0.2, 0.25) is 0 Å². The third-order valence-electron chi connectivity index (χ3n) is 6.80. The summed E-state index contributed by atoms with van der Waals surface area (Å²) < 4.78 is 11.1. The fraction of sp³-hybridized carbons (Fsp3) is 0.500. The topological polar surface area (TPSA) is 96.0 Å². The number of fused-ring (bicyclic) bond motifs is 1. The molecule has 0 spiro atoms. The van der Waals surface area contributed by atoms with E-state index in [2.05, 4.69) is 20.5 Å². The van der Waals surface area contributed by atoms with E-state index in [0.717, 1.165) is 37.2 Å². The molecular formula is C26H35N5O4. The number of urea groups is 1. The fourth-order valence-corrected chi connectivity index (χ4v) is 3.92. The van der Waals surface area contributed by atoms with Gasteiger partial charge in [-0.2, -0.15) is 0 Å². The average molecular weight is 482 g/mol. The Morgan fingerprint density at radius 3 is 2.46 bits per heavy atom. The molecule has 0 unspecified atom stereocenters. The number of carbonyl (C=O) groups excluding carboxylic acids is 2. The van der Waals surface area contributed by atoms with Crippen molar-refractivity contribution < 1.29 is 19.1 Å². The Labute approximate surface area is 206 Å². The zero-order valence-corrected chi connectivity index (χ0v) is 21.0. The molecule has 2 N–H and O–H groups in total. The van der Waals surface area contributed by atoms with Gasteiger partial charge in [0, 0.05) is 56.1 Å². The van der Waals surface area contributed by atoms with E-state index < -0.39 is 5.41 Å². The van der Waals surface area contributed by atoms with Gasteiger partial charge in [-0.1, -0.05) is 20.8 Å². The summed E-state index contributed by atoms with van der Waals surface area (Å²) in [7, 11) is 0. The smallest absolute Gasteiger partial charge is 0.321 e. The number of amides is 3. The van der Waals surface area contributed by atoms with E-state index in [1.807, 2.05) is 50.8 Å². The Bertz CT molecular complexity index is 1080. The molecule has 0 bridgehead atoms. The molecule has 0 aliphatic carbocycles. The van der Waals surface area contributed by atoms with E-state index in [-0.39, 0.29) is 11.9 Å². The van der Waals surface area contributed by atoms with Gasteiger partial charge < -0.3 is 25.0 Å². The lowest BCUT2D eigenvalue weighted by Crippen LogP contribution is -2.49. The number of carbonyl (C=O) groups is 2. The molecule has 2 aliphatic rings. The van der Waals surface area contributed by atoms with Crippen LogP contribution in [-0.2, 0) is 11.3 Å². The van der Waals surface area contributed by atoms with Crippen molar-refractivity contribution in [3.8, 4) is 11.5 Å². The third kappa shape index (κ3) is 6.03. The average Bonchev–Trinajstić information content (AvgIpc) is 2.86. The zero-order valence-electron chi connectivity index (χ0n) is 21.0. The van der Waals surface area contributed by atoms with Crippen LogP contribution in [0.5, 0.6) is 11.5 Å². The van der Waals surface area contributed by atoms with Crippen LogP contribution >= 0.6 is 0 Å². The van der Waals surface area contributed by atoms with Crippen LogP contribution in [0, 0.1) is 12.3 Å². The lowest BCUT2D eigenvalue weighted by atomic mass is 9.89. The number of rotatable bonds is 6. The Balaban J connectivity index is 1.30. The van der Waals surface area contributed by atoms with Crippen LogP contribution in [-0.4, -0.2) is 66.1 Å². The van der Waals surface area contributed by atoms with Gasteiger partial charge in [-0.05, 0) is 42.7 Å². The highest BCUT2D eigenvalue weighted by atomic mass is 16.6. The number of piperazine rings is 1. The number of nitrogens with zero attached hydrogens (tertiary/aromatic N) is 3. The zero-order chi connectivity index (χ0) is 25.0. The predicted molar refractivity (Wildman–Crippen MR) is 135 cm³/mol. The summed E-state index contributed by atoms with van der Waals surface area (Å²) in [5, 5.41) is 5.92. The van der Waals surface area contributed by atoms with Gasteiger partial charge in [0.15, 0.2) is 11.5 Å². The molecule has 35 heavy (non-hydrogen) atoms. The van der Waals surface area contributed by atoms with Crippen molar-refractivity contribution in [3.05, 3.63) is 41.6 Å². The molecule has 1 aromatic carbocycles. The summed E-state index contributed by atoms with van der Waals surface area (Å²) in [4.78, 5) is 33.9. The molecule has 188 valence electrons. The molecule has 0 radical (unpaired) electrons. The largest absolute Gasteiger partial charge is 0.486 e. The summed E-state index contributed by atoms with van der Waals surface area (Å²) in [6.45, 7) is 12.5. The molecule has 9 nitrogen and oxygen atoms in total. The minimum absolute atomic E-state index is 0.0278. The molecule has 0 saturated carbocycles. The van der Waals surface area contributed by atoms with E-state index in [9.17, 15) is 9.59 Å². The van der Waals surface area contributed by atoms with Gasteiger partial charge in [0.2, 0.25) is 5.91 Å². The van der Waals surface area contributed by atoms with Crippen molar-refractivity contribution in [1.82, 2.24) is 14.8 Å². The highest BCUT2D eigenvalue weighted by Gasteiger charge is 2.26. The predicted octanol–water partition coefficient (Wildman–Crippen LogP) is 3.89. The van der Waals surface area contributed by atoms with Crippen LogP contribution in [0.15, 0.2) is 30.5 Å². The van der Waals surface area contributed by atoms with Crippen molar-refractivity contribution in [3.63, 3.8) is 0 Å². The Hall–Kier alpha value is -3.33. The number of aromatic nitrogens is 1. The SMILES string of the molecule is CCC(C)(C)C(=O)Nc1cc(CN2CCN(C(=O)Nc3ccc4c(c3)OCCO4)CC2)c(C)cn1. The molecule has 1 saturated heterocycles. The number of aryl methyl sites for hydroxylation is 1. The van der Waals surface area contributed by atoms with Gasteiger partial charge in [-0.25, -0.2) is 9.78 Å². The van der Waals surface area contributed by atoms with Crippen molar-refractivity contribution in [2.45, 2.75) is 40.7 Å². The van der Waals surface area contributed by atoms with Gasteiger partial charge >= 0.3 is 6.03 Å². The third-order valence-corrected chi connectivity index (χ3v) is 6.80. The highest BCUT2D eigenvalue weighted by Crippen LogP contribution is 2.32. The van der Waals surface area contributed by atoms with Crippen LogP contribution in [0.3, 0.4) is 0 Å². The first-order chi connectivity index (χ1) is 16.7. The van der Waals surface area contributed by atoms with Crippen LogP contribution in [0.4, 0.5) is 16.3 Å².